The minimum absolute atomic E-state index is 0.179. The molecule has 0 bridgehead atoms. The Balaban J connectivity index is 1.39. The molecule has 6 heteroatoms. The normalized spacial score (nSPS) is 14.2. The monoisotopic (exact) mass is 406 g/mol. The minimum Gasteiger partial charge on any atom is -0.448 e. The van der Waals surface area contributed by atoms with Crippen molar-refractivity contribution in [3.05, 3.63) is 76.3 Å². The van der Waals surface area contributed by atoms with Gasteiger partial charge in [0.25, 0.3) is 5.91 Å². The van der Waals surface area contributed by atoms with E-state index in [1.165, 1.54) is 16.9 Å². The van der Waals surface area contributed by atoms with Gasteiger partial charge in [0.1, 0.15) is 5.01 Å². The zero-order chi connectivity index (χ0) is 20.4. The number of nitrogens with zero attached hydrogens (tertiary/aromatic N) is 2. The molecule has 0 aliphatic carbocycles. The third-order valence-electron chi connectivity index (χ3n) is 5.09. The Bertz CT molecular complexity index is 1040. The van der Waals surface area contributed by atoms with Crippen LogP contribution in [0.15, 0.2) is 53.9 Å². The average molecular weight is 407 g/mol. The van der Waals surface area contributed by atoms with Gasteiger partial charge in [-0.2, -0.15) is 0 Å². The second-order valence-electron chi connectivity index (χ2n) is 7.23. The maximum atomic E-state index is 12.8. The van der Waals surface area contributed by atoms with Gasteiger partial charge in [-0.15, -0.1) is 11.3 Å². The molecule has 0 saturated carbocycles. The van der Waals surface area contributed by atoms with Crippen LogP contribution in [0.2, 0.25) is 0 Å². The largest absolute Gasteiger partial charge is 0.448 e. The van der Waals surface area contributed by atoms with Gasteiger partial charge in [-0.1, -0.05) is 54.1 Å². The van der Waals surface area contributed by atoms with Gasteiger partial charge in [-0.3, -0.25) is 4.79 Å². The lowest BCUT2D eigenvalue weighted by molar-refractivity contribution is -0.140. The first kappa shape index (κ1) is 19.3. The molecule has 148 valence electrons. The molecule has 1 aromatic heterocycles. The molecule has 4 rings (SSSR count). The first-order valence-corrected chi connectivity index (χ1v) is 10.5. The van der Waals surface area contributed by atoms with E-state index in [1.54, 1.807) is 17.2 Å². The summed E-state index contributed by atoms with van der Waals surface area (Å²) in [5.74, 6) is -0.750. The van der Waals surface area contributed by atoms with Gasteiger partial charge in [-0.05, 0) is 31.4 Å². The highest BCUT2D eigenvalue weighted by atomic mass is 32.1. The quantitative estimate of drug-likeness (QED) is 0.608. The van der Waals surface area contributed by atoms with Gasteiger partial charge in [0.15, 0.2) is 11.8 Å². The number of hydrogen-bond acceptors (Lipinski definition) is 5. The van der Waals surface area contributed by atoms with Crippen molar-refractivity contribution in [2.45, 2.75) is 32.9 Å². The highest BCUT2D eigenvalue weighted by Gasteiger charge is 2.27. The Morgan fingerprint density at radius 3 is 2.59 bits per heavy atom. The number of hydrogen-bond donors (Lipinski definition) is 0. The van der Waals surface area contributed by atoms with Gasteiger partial charge < -0.3 is 9.64 Å². The fourth-order valence-electron chi connectivity index (χ4n) is 3.41. The highest BCUT2D eigenvalue weighted by Crippen LogP contribution is 2.25. The Morgan fingerprint density at radius 2 is 1.83 bits per heavy atom. The number of aromatic nitrogens is 1. The number of aryl methyl sites for hydroxylation is 1. The van der Waals surface area contributed by atoms with Gasteiger partial charge in [-0.25, -0.2) is 9.78 Å². The van der Waals surface area contributed by atoms with E-state index >= 15 is 0 Å². The van der Waals surface area contributed by atoms with E-state index in [9.17, 15) is 9.59 Å². The average Bonchev–Trinajstić information content (AvgIpc) is 3.23. The predicted molar refractivity (Wildman–Crippen MR) is 113 cm³/mol. The Morgan fingerprint density at radius 1 is 1.10 bits per heavy atom. The summed E-state index contributed by atoms with van der Waals surface area (Å²) in [5, 5.41) is 2.43. The van der Waals surface area contributed by atoms with Gasteiger partial charge >= 0.3 is 5.97 Å². The molecule has 0 unspecified atom stereocenters. The summed E-state index contributed by atoms with van der Waals surface area (Å²) in [5.41, 5.74) is 4.77. The number of esters is 1. The van der Waals surface area contributed by atoms with E-state index in [0.29, 0.717) is 13.1 Å². The molecule has 3 aromatic rings. The maximum absolute atomic E-state index is 12.8. The second kappa shape index (κ2) is 8.17. The number of benzene rings is 2. The molecule has 1 aliphatic heterocycles. The van der Waals surface area contributed by atoms with E-state index in [2.05, 4.69) is 11.1 Å². The number of carbonyl (C=O) groups is 2. The van der Waals surface area contributed by atoms with Crippen molar-refractivity contribution in [3.63, 3.8) is 0 Å². The number of rotatable bonds is 4. The molecule has 0 spiro atoms. The predicted octanol–water partition coefficient (Wildman–Crippen LogP) is 4.25. The van der Waals surface area contributed by atoms with Crippen LogP contribution in [-0.2, 0) is 22.5 Å². The van der Waals surface area contributed by atoms with Crippen LogP contribution >= 0.6 is 11.3 Å². The third kappa shape index (κ3) is 4.22. The third-order valence-corrected chi connectivity index (χ3v) is 5.98. The fraction of sp³-hybridized carbons (Fsp3) is 0.261. The summed E-state index contributed by atoms with van der Waals surface area (Å²) in [6, 6.07) is 16.1. The standard InChI is InChI=1S/C23H22N2O3S/c1-15-7-9-18(10-8-15)21-24-20(14-29-21)23(27)28-16(2)22(26)25-12-11-17-5-3-4-6-19(17)13-25/h3-10,14,16H,11-13H2,1-2H3/t16-/m0/s1. The van der Waals surface area contributed by atoms with Crippen LogP contribution in [0.4, 0.5) is 0 Å². The summed E-state index contributed by atoms with van der Waals surface area (Å²) in [6.45, 7) is 4.82. The number of thiazole rings is 1. The van der Waals surface area contributed by atoms with E-state index in [0.717, 1.165) is 28.1 Å². The Hall–Kier alpha value is -2.99. The van der Waals surface area contributed by atoms with Crippen molar-refractivity contribution < 1.29 is 14.3 Å². The van der Waals surface area contributed by atoms with Crippen molar-refractivity contribution >= 4 is 23.2 Å². The van der Waals surface area contributed by atoms with Gasteiger partial charge in [0.05, 0.1) is 0 Å². The molecule has 5 nitrogen and oxygen atoms in total. The first-order chi connectivity index (χ1) is 14.0. The molecule has 0 radical (unpaired) electrons. The molecule has 0 fully saturated rings. The molecule has 1 aliphatic rings. The maximum Gasteiger partial charge on any atom is 0.358 e. The smallest absolute Gasteiger partial charge is 0.358 e. The van der Waals surface area contributed by atoms with Crippen LogP contribution in [0, 0.1) is 6.92 Å². The number of fused-ring (bicyclic) bond motifs is 1. The van der Waals surface area contributed by atoms with Crippen molar-refractivity contribution in [1.82, 2.24) is 9.88 Å². The Labute approximate surface area is 174 Å². The van der Waals surface area contributed by atoms with Crippen LogP contribution < -0.4 is 0 Å². The SMILES string of the molecule is Cc1ccc(-c2nc(C(=O)O[C@@H](C)C(=O)N3CCc4ccccc4C3)cs2)cc1. The molecule has 1 atom stereocenters. The number of carbonyl (C=O) groups excluding carboxylic acids is 2. The molecule has 2 heterocycles. The fourth-order valence-corrected chi connectivity index (χ4v) is 4.20. The number of amides is 1. The highest BCUT2D eigenvalue weighted by molar-refractivity contribution is 7.13. The van der Waals surface area contributed by atoms with E-state index in [4.69, 9.17) is 4.74 Å². The topological polar surface area (TPSA) is 59.5 Å². The summed E-state index contributed by atoms with van der Waals surface area (Å²) in [6.07, 6.45) is -0.0357. The molecule has 2 aromatic carbocycles. The molecular formula is C23H22N2O3S. The lowest BCUT2D eigenvalue weighted by Crippen LogP contribution is -2.42. The summed E-state index contributed by atoms with van der Waals surface area (Å²) in [7, 11) is 0. The lowest BCUT2D eigenvalue weighted by Gasteiger charge is -2.30. The van der Waals surface area contributed by atoms with Crippen molar-refractivity contribution in [2.75, 3.05) is 6.54 Å². The molecule has 0 saturated heterocycles. The van der Waals surface area contributed by atoms with E-state index in [1.807, 2.05) is 49.4 Å². The van der Waals surface area contributed by atoms with Gasteiger partial charge in [0, 0.05) is 24.0 Å². The van der Waals surface area contributed by atoms with Crippen LogP contribution in [0.25, 0.3) is 10.6 Å². The van der Waals surface area contributed by atoms with E-state index in [-0.39, 0.29) is 11.6 Å². The number of ether oxygens (including phenoxy) is 1. The first-order valence-electron chi connectivity index (χ1n) is 9.60. The zero-order valence-corrected chi connectivity index (χ0v) is 17.2. The molecule has 1 amide bonds. The Kier molecular flexibility index (Phi) is 5.45. The van der Waals surface area contributed by atoms with Crippen LogP contribution in [0.3, 0.4) is 0 Å². The second-order valence-corrected chi connectivity index (χ2v) is 8.09. The van der Waals surface area contributed by atoms with Crippen molar-refractivity contribution in [3.8, 4) is 10.6 Å². The van der Waals surface area contributed by atoms with Crippen molar-refractivity contribution in [2.24, 2.45) is 0 Å². The van der Waals surface area contributed by atoms with Gasteiger partial charge in [0.2, 0.25) is 0 Å². The van der Waals surface area contributed by atoms with Crippen molar-refractivity contribution in [1.29, 1.82) is 0 Å². The summed E-state index contributed by atoms with van der Waals surface area (Å²) < 4.78 is 5.42. The molecular weight excluding hydrogens is 384 g/mol. The molecule has 29 heavy (non-hydrogen) atoms. The minimum atomic E-state index is -0.850. The lowest BCUT2D eigenvalue weighted by atomic mass is 9.99. The molecule has 0 N–H and O–H groups in total. The van der Waals surface area contributed by atoms with E-state index < -0.39 is 12.1 Å². The van der Waals surface area contributed by atoms with Crippen LogP contribution in [0.1, 0.15) is 34.1 Å². The summed E-state index contributed by atoms with van der Waals surface area (Å²) >= 11 is 1.39. The van der Waals surface area contributed by atoms with Crippen LogP contribution in [-0.4, -0.2) is 34.4 Å². The zero-order valence-electron chi connectivity index (χ0n) is 16.4. The summed E-state index contributed by atoms with van der Waals surface area (Å²) in [4.78, 5) is 31.4. The van der Waals surface area contributed by atoms with Crippen LogP contribution in [0.5, 0.6) is 0 Å².